The van der Waals surface area contributed by atoms with Crippen molar-refractivity contribution in [2.75, 3.05) is 6.54 Å². The number of rotatable bonds is 4. The second kappa shape index (κ2) is 5.03. The van der Waals surface area contributed by atoms with Gasteiger partial charge in [0.1, 0.15) is 0 Å². The van der Waals surface area contributed by atoms with Crippen LogP contribution in [0.25, 0.3) is 0 Å². The van der Waals surface area contributed by atoms with Crippen molar-refractivity contribution in [3.05, 3.63) is 17.5 Å². The quantitative estimate of drug-likeness (QED) is 0.854. The SMILES string of the molecule is Cc1nn(C)cc1C(=O)NCC1(C(=O)O)CCCC1. The van der Waals surface area contributed by atoms with Gasteiger partial charge in [-0.05, 0) is 19.8 Å². The van der Waals surface area contributed by atoms with Crippen molar-refractivity contribution in [1.29, 1.82) is 0 Å². The van der Waals surface area contributed by atoms with Gasteiger partial charge in [-0.1, -0.05) is 12.8 Å². The predicted molar refractivity (Wildman–Crippen MR) is 68.8 cm³/mol. The molecule has 0 aliphatic heterocycles. The molecule has 6 nitrogen and oxygen atoms in total. The number of aliphatic carboxylic acids is 1. The second-order valence-corrected chi connectivity index (χ2v) is 5.28. The third-order valence-corrected chi connectivity index (χ3v) is 3.86. The number of carboxylic acids is 1. The smallest absolute Gasteiger partial charge is 0.311 e. The topological polar surface area (TPSA) is 84.2 Å². The lowest BCUT2D eigenvalue weighted by atomic mass is 9.86. The monoisotopic (exact) mass is 265 g/mol. The molecule has 0 radical (unpaired) electrons. The fraction of sp³-hybridized carbons (Fsp3) is 0.615. The Balaban J connectivity index is 2.04. The van der Waals surface area contributed by atoms with Crippen LogP contribution in [0.3, 0.4) is 0 Å². The lowest BCUT2D eigenvalue weighted by Crippen LogP contribution is -2.41. The van der Waals surface area contributed by atoms with Crippen LogP contribution in [0, 0.1) is 12.3 Å². The number of carbonyl (C=O) groups excluding carboxylic acids is 1. The Labute approximate surface area is 111 Å². The van der Waals surface area contributed by atoms with E-state index < -0.39 is 11.4 Å². The molecule has 0 unspecified atom stereocenters. The van der Waals surface area contributed by atoms with Crippen molar-refractivity contribution in [2.24, 2.45) is 12.5 Å². The standard InChI is InChI=1S/C13H19N3O3/c1-9-10(7-16(2)15-9)11(17)14-8-13(12(18)19)5-3-4-6-13/h7H,3-6,8H2,1-2H3,(H,14,17)(H,18,19). The minimum absolute atomic E-state index is 0.190. The zero-order valence-electron chi connectivity index (χ0n) is 11.3. The third-order valence-electron chi connectivity index (χ3n) is 3.86. The summed E-state index contributed by atoms with van der Waals surface area (Å²) in [5, 5.41) is 16.2. The summed E-state index contributed by atoms with van der Waals surface area (Å²) < 4.78 is 1.58. The summed E-state index contributed by atoms with van der Waals surface area (Å²) in [6.45, 7) is 1.95. The molecular formula is C13H19N3O3. The van der Waals surface area contributed by atoms with Crippen LogP contribution < -0.4 is 5.32 Å². The van der Waals surface area contributed by atoms with Gasteiger partial charge in [-0.15, -0.1) is 0 Å². The molecular weight excluding hydrogens is 246 g/mol. The Morgan fingerprint density at radius 2 is 2.11 bits per heavy atom. The third kappa shape index (κ3) is 2.62. The van der Waals surface area contributed by atoms with Crippen molar-refractivity contribution < 1.29 is 14.7 Å². The molecule has 1 heterocycles. The van der Waals surface area contributed by atoms with E-state index in [2.05, 4.69) is 10.4 Å². The zero-order chi connectivity index (χ0) is 14.0. The number of aromatic nitrogens is 2. The van der Waals surface area contributed by atoms with Crippen LogP contribution in [-0.4, -0.2) is 33.3 Å². The van der Waals surface area contributed by atoms with Crippen LogP contribution in [0.5, 0.6) is 0 Å². The van der Waals surface area contributed by atoms with Gasteiger partial charge >= 0.3 is 5.97 Å². The predicted octanol–water partition coefficient (Wildman–Crippen LogP) is 1.10. The average molecular weight is 265 g/mol. The Morgan fingerprint density at radius 3 is 2.58 bits per heavy atom. The fourth-order valence-corrected chi connectivity index (χ4v) is 2.69. The molecule has 104 valence electrons. The number of nitrogens with zero attached hydrogens (tertiary/aromatic N) is 2. The number of nitrogens with one attached hydrogen (secondary N) is 1. The van der Waals surface area contributed by atoms with E-state index >= 15 is 0 Å². The Morgan fingerprint density at radius 1 is 1.47 bits per heavy atom. The van der Waals surface area contributed by atoms with E-state index in [9.17, 15) is 14.7 Å². The maximum atomic E-state index is 12.0. The molecule has 0 bridgehead atoms. The summed E-state index contributed by atoms with van der Waals surface area (Å²) in [7, 11) is 1.75. The molecule has 1 fully saturated rings. The number of hydrogen-bond donors (Lipinski definition) is 2. The molecule has 0 saturated heterocycles. The first-order valence-corrected chi connectivity index (χ1v) is 6.46. The first-order valence-electron chi connectivity index (χ1n) is 6.46. The number of carboxylic acid groups (broad SMARTS) is 1. The summed E-state index contributed by atoms with van der Waals surface area (Å²) in [6, 6.07) is 0. The highest BCUT2D eigenvalue weighted by Crippen LogP contribution is 2.37. The Kier molecular flexibility index (Phi) is 3.59. The van der Waals surface area contributed by atoms with Gasteiger partial charge in [-0.3, -0.25) is 14.3 Å². The van der Waals surface area contributed by atoms with Gasteiger partial charge in [-0.2, -0.15) is 5.10 Å². The lowest BCUT2D eigenvalue weighted by molar-refractivity contribution is -0.148. The molecule has 1 aliphatic carbocycles. The normalized spacial score (nSPS) is 17.4. The highest BCUT2D eigenvalue weighted by atomic mass is 16.4. The van der Waals surface area contributed by atoms with Gasteiger partial charge in [0.2, 0.25) is 0 Å². The van der Waals surface area contributed by atoms with Crippen LogP contribution >= 0.6 is 0 Å². The van der Waals surface area contributed by atoms with Gasteiger partial charge in [0.05, 0.1) is 16.7 Å². The van der Waals surface area contributed by atoms with Crippen molar-refractivity contribution >= 4 is 11.9 Å². The minimum Gasteiger partial charge on any atom is -0.481 e. The first-order chi connectivity index (χ1) is 8.94. The van der Waals surface area contributed by atoms with Crippen molar-refractivity contribution in [3.63, 3.8) is 0 Å². The van der Waals surface area contributed by atoms with E-state index in [4.69, 9.17) is 0 Å². The Bertz CT molecular complexity index is 501. The van der Waals surface area contributed by atoms with E-state index in [0.717, 1.165) is 12.8 Å². The maximum Gasteiger partial charge on any atom is 0.311 e. The molecule has 19 heavy (non-hydrogen) atoms. The summed E-state index contributed by atoms with van der Waals surface area (Å²) in [4.78, 5) is 23.4. The van der Waals surface area contributed by atoms with Crippen LogP contribution in [0.2, 0.25) is 0 Å². The highest BCUT2D eigenvalue weighted by Gasteiger charge is 2.41. The molecule has 2 N–H and O–H groups in total. The van der Waals surface area contributed by atoms with Gasteiger partial charge in [0.15, 0.2) is 0 Å². The molecule has 1 amide bonds. The number of carbonyl (C=O) groups is 2. The zero-order valence-corrected chi connectivity index (χ0v) is 11.3. The molecule has 2 rings (SSSR count). The number of aryl methyl sites for hydroxylation is 2. The van der Waals surface area contributed by atoms with Crippen LogP contribution in [-0.2, 0) is 11.8 Å². The molecule has 0 spiro atoms. The summed E-state index contributed by atoms with van der Waals surface area (Å²) >= 11 is 0. The molecule has 0 aromatic carbocycles. The van der Waals surface area contributed by atoms with E-state index in [1.807, 2.05) is 0 Å². The fourth-order valence-electron chi connectivity index (χ4n) is 2.69. The van der Waals surface area contributed by atoms with Crippen molar-refractivity contribution in [1.82, 2.24) is 15.1 Å². The summed E-state index contributed by atoms with van der Waals surface area (Å²) in [5.41, 5.74) is 0.364. The summed E-state index contributed by atoms with van der Waals surface area (Å²) in [6.07, 6.45) is 4.73. The molecule has 6 heteroatoms. The van der Waals surface area contributed by atoms with Crippen LogP contribution in [0.4, 0.5) is 0 Å². The number of amides is 1. The van der Waals surface area contributed by atoms with Crippen molar-refractivity contribution in [2.45, 2.75) is 32.6 Å². The largest absolute Gasteiger partial charge is 0.481 e. The molecule has 1 aromatic rings. The van der Waals surface area contributed by atoms with E-state index in [1.165, 1.54) is 0 Å². The van der Waals surface area contributed by atoms with E-state index in [-0.39, 0.29) is 12.5 Å². The molecule has 0 atom stereocenters. The minimum atomic E-state index is -0.812. The first kappa shape index (κ1) is 13.6. The molecule has 1 saturated carbocycles. The number of hydrogen-bond acceptors (Lipinski definition) is 3. The second-order valence-electron chi connectivity index (χ2n) is 5.28. The van der Waals surface area contributed by atoms with E-state index in [0.29, 0.717) is 24.1 Å². The Hall–Kier alpha value is -1.85. The van der Waals surface area contributed by atoms with E-state index in [1.54, 1.807) is 24.9 Å². The lowest BCUT2D eigenvalue weighted by Gasteiger charge is -2.23. The maximum absolute atomic E-state index is 12.0. The van der Waals surface area contributed by atoms with Gasteiger partial charge in [0.25, 0.3) is 5.91 Å². The van der Waals surface area contributed by atoms with Gasteiger partial charge in [0, 0.05) is 19.8 Å². The summed E-state index contributed by atoms with van der Waals surface area (Å²) in [5.74, 6) is -1.06. The van der Waals surface area contributed by atoms with Gasteiger partial charge < -0.3 is 10.4 Å². The molecule has 1 aromatic heterocycles. The van der Waals surface area contributed by atoms with Crippen molar-refractivity contribution in [3.8, 4) is 0 Å². The van der Waals surface area contributed by atoms with Gasteiger partial charge in [-0.25, -0.2) is 0 Å². The molecule has 1 aliphatic rings. The average Bonchev–Trinajstić information content (AvgIpc) is 2.94. The van der Waals surface area contributed by atoms with Crippen LogP contribution in [0.1, 0.15) is 41.7 Å². The highest BCUT2D eigenvalue weighted by molar-refractivity contribution is 5.95. The van der Waals surface area contributed by atoms with Crippen LogP contribution in [0.15, 0.2) is 6.20 Å².